The molecule has 0 radical (unpaired) electrons. The van der Waals surface area contributed by atoms with E-state index in [1.165, 1.54) is 4.90 Å². The first-order chi connectivity index (χ1) is 8.97. The van der Waals surface area contributed by atoms with Gasteiger partial charge in [0, 0.05) is 36.3 Å². The molecule has 19 heavy (non-hydrogen) atoms. The highest BCUT2D eigenvalue weighted by atomic mass is 32.2. The van der Waals surface area contributed by atoms with E-state index >= 15 is 0 Å². The Balaban J connectivity index is 3.04. The van der Waals surface area contributed by atoms with Crippen molar-refractivity contribution in [1.82, 2.24) is 4.90 Å². The molecule has 1 aromatic carbocycles. The van der Waals surface area contributed by atoms with Crippen LogP contribution in [0.5, 0.6) is 0 Å². The number of hydrogen-bond acceptors (Lipinski definition) is 4. The van der Waals surface area contributed by atoms with Crippen LogP contribution in [0, 0.1) is 0 Å². The Bertz CT molecular complexity index is 433. The second-order valence-electron chi connectivity index (χ2n) is 4.67. The zero-order valence-electron chi connectivity index (χ0n) is 12.1. The minimum Gasteiger partial charge on any atom is -0.389 e. The summed E-state index contributed by atoms with van der Waals surface area (Å²) in [6, 6.07) is 6.25. The molecular weight excluding hydrogens is 274 g/mol. The molecule has 0 fully saturated rings. The van der Waals surface area contributed by atoms with Crippen molar-refractivity contribution in [2.75, 3.05) is 44.9 Å². The molecule has 2 N–H and O–H groups in total. The standard InChI is InChI=1S/C14H23N3S2/c1-5-19-12-8-6-7-11(13(12)14(15)18)17(4)10-9-16(2)3/h6-8H,5,9-10H2,1-4H3,(H2,15,18). The van der Waals surface area contributed by atoms with Crippen LogP contribution < -0.4 is 10.6 Å². The number of likely N-dealkylation sites (N-methyl/N-ethyl adjacent to an activating group) is 2. The van der Waals surface area contributed by atoms with Crippen molar-refractivity contribution in [3.8, 4) is 0 Å². The molecule has 0 aromatic heterocycles. The minimum absolute atomic E-state index is 0.475. The molecular formula is C14H23N3S2. The molecule has 0 aliphatic carbocycles. The van der Waals surface area contributed by atoms with Crippen LogP contribution in [-0.4, -0.2) is 49.9 Å². The Labute approximate surface area is 126 Å². The average molecular weight is 297 g/mol. The summed E-state index contributed by atoms with van der Waals surface area (Å²) in [6.45, 7) is 4.08. The quantitative estimate of drug-likeness (QED) is 0.617. The van der Waals surface area contributed by atoms with Gasteiger partial charge in [-0.25, -0.2) is 0 Å². The molecule has 0 spiro atoms. The largest absolute Gasteiger partial charge is 0.389 e. The van der Waals surface area contributed by atoms with Crippen molar-refractivity contribution in [1.29, 1.82) is 0 Å². The van der Waals surface area contributed by atoms with E-state index in [4.69, 9.17) is 18.0 Å². The zero-order chi connectivity index (χ0) is 14.4. The Morgan fingerprint density at radius 2 is 1.95 bits per heavy atom. The van der Waals surface area contributed by atoms with Crippen molar-refractivity contribution >= 4 is 34.7 Å². The first-order valence-corrected chi connectivity index (χ1v) is 7.78. The minimum atomic E-state index is 0.475. The number of thiocarbonyl (C=S) groups is 1. The van der Waals surface area contributed by atoms with Crippen molar-refractivity contribution < 1.29 is 0 Å². The van der Waals surface area contributed by atoms with Gasteiger partial charge in [0.15, 0.2) is 0 Å². The van der Waals surface area contributed by atoms with Gasteiger partial charge >= 0.3 is 0 Å². The smallest absolute Gasteiger partial charge is 0.107 e. The molecule has 106 valence electrons. The molecule has 0 atom stereocenters. The molecule has 0 aliphatic rings. The highest BCUT2D eigenvalue weighted by Crippen LogP contribution is 2.30. The number of hydrogen-bond donors (Lipinski definition) is 1. The zero-order valence-corrected chi connectivity index (χ0v) is 13.8. The van der Waals surface area contributed by atoms with Gasteiger partial charge < -0.3 is 15.5 Å². The molecule has 0 saturated heterocycles. The van der Waals surface area contributed by atoms with E-state index in [9.17, 15) is 0 Å². The summed E-state index contributed by atoms with van der Waals surface area (Å²) < 4.78 is 0. The molecule has 0 unspecified atom stereocenters. The van der Waals surface area contributed by atoms with Gasteiger partial charge in [0.05, 0.1) is 0 Å². The fourth-order valence-corrected chi connectivity index (χ4v) is 2.96. The van der Waals surface area contributed by atoms with Gasteiger partial charge in [-0.2, -0.15) is 0 Å². The molecule has 5 heteroatoms. The van der Waals surface area contributed by atoms with E-state index in [0.29, 0.717) is 4.99 Å². The monoisotopic (exact) mass is 297 g/mol. The number of nitrogens with zero attached hydrogens (tertiary/aromatic N) is 2. The molecule has 3 nitrogen and oxygen atoms in total. The lowest BCUT2D eigenvalue weighted by atomic mass is 10.1. The van der Waals surface area contributed by atoms with Gasteiger partial charge in [-0.3, -0.25) is 0 Å². The van der Waals surface area contributed by atoms with E-state index < -0.39 is 0 Å². The van der Waals surface area contributed by atoms with E-state index in [1.807, 2.05) is 0 Å². The summed E-state index contributed by atoms with van der Waals surface area (Å²) in [5, 5.41) is 0. The number of anilines is 1. The number of benzene rings is 1. The van der Waals surface area contributed by atoms with Crippen LogP contribution in [0.1, 0.15) is 12.5 Å². The predicted octanol–water partition coefficient (Wildman–Crippen LogP) is 2.43. The molecule has 1 aromatic rings. The maximum atomic E-state index is 5.92. The molecule has 1 rings (SSSR count). The lowest BCUT2D eigenvalue weighted by Gasteiger charge is -2.25. The summed E-state index contributed by atoms with van der Waals surface area (Å²) in [7, 11) is 6.23. The predicted molar refractivity (Wildman–Crippen MR) is 90.6 cm³/mol. The molecule has 0 bridgehead atoms. The van der Waals surface area contributed by atoms with E-state index in [1.54, 1.807) is 11.8 Å². The van der Waals surface area contributed by atoms with Gasteiger partial charge in [-0.15, -0.1) is 11.8 Å². The van der Waals surface area contributed by atoms with Gasteiger partial charge in [-0.05, 0) is 32.0 Å². The lowest BCUT2D eigenvalue weighted by Crippen LogP contribution is -2.30. The van der Waals surface area contributed by atoms with Crippen LogP contribution in [0.25, 0.3) is 0 Å². The Morgan fingerprint density at radius 1 is 1.26 bits per heavy atom. The van der Waals surface area contributed by atoms with Crippen molar-refractivity contribution in [3.05, 3.63) is 23.8 Å². The van der Waals surface area contributed by atoms with E-state index in [0.717, 1.165) is 30.1 Å². The lowest BCUT2D eigenvalue weighted by molar-refractivity contribution is 0.416. The normalized spacial score (nSPS) is 10.8. The summed E-state index contributed by atoms with van der Waals surface area (Å²) in [5.74, 6) is 1.01. The summed E-state index contributed by atoms with van der Waals surface area (Å²) >= 11 is 7.02. The SMILES string of the molecule is CCSc1cccc(N(C)CCN(C)C)c1C(N)=S. The Morgan fingerprint density at radius 3 is 2.47 bits per heavy atom. The summed E-state index contributed by atoms with van der Waals surface area (Å²) in [5.41, 5.74) is 8.04. The Kier molecular flexibility index (Phi) is 6.62. The first kappa shape index (κ1) is 16.3. The van der Waals surface area contributed by atoms with Crippen LogP contribution in [0.15, 0.2) is 23.1 Å². The Hall–Kier alpha value is -0.780. The van der Waals surface area contributed by atoms with Crippen LogP contribution in [0.3, 0.4) is 0 Å². The first-order valence-electron chi connectivity index (χ1n) is 6.38. The third-order valence-electron chi connectivity index (χ3n) is 2.84. The third kappa shape index (κ3) is 4.67. The van der Waals surface area contributed by atoms with Gasteiger partial charge in [0.1, 0.15) is 4.99 Å². The van der Waals surface area contributed by atoms with Gasteiger partial charge in [0.25, 0.3) is 0 Å². The van der Waals surface area contributed by atoms with Crippen LogP contribution in [-0.2, 0) is 0 Å². The number of thioether (sulfide) groups is 1. The van der Waals surface area contributed by atoms with Crippen molar-refractivity contribution in [2.45, 2.75) is 11.8 Å². The van der Waals surface area contributed by atoms with E-state index in [-0.39, 0.29) is 0 Å². The number of rotatable bonds is 7. The molecule has 0 saturated carbocycles. The van der Waals surface area contributed by atoms with Gasteiger partial charge in [0.2, 0.25) is 0 Å². The molecule has 0 amide bonds. The fraction of sp³-hybridized carbons (Fsp3) is 0.500. The highest BCUT2D eigenvalue weighted by Gasteiger charge is 2.14. The van der Waals surface area contributed by atoms with Crippen molar-refractivity contribution in [2.24, 2.45) is 5.73 Å². The third-order valence-corrected chi connectivity index (χ3v) is 3.99. The average Bonchev–Trinajstić information content (AvgIpc) is 2.35. The fourth-order valence-electron chi connectivity index (χ4n) is 1.83. The second-order valence-corrected chi connectivity index (χ2v) is 6.42. The highest BCUT2D eigenvalue weighted by molar-refractivity contribution is 7.99. The van der Waals surface area contributed by atoms with Crippen LogP contribution in [0.4, 0.5) is 5.69 Å². The maximum absolute atomic E-state index is 5.92. The molecule has 0 aliphatic heterocycles. The number of nitrogens with two attached hydrogens (primary N) is 1. The second kappa shape index (κ2) is 7.72. The van der Waals surface area contributed by atoms with Crippen molar-refractivity contribution in [3.63, 3.8) is 0 Å². The molecule has 0 heterocycles. The summed E-state index contributed by atoms with van der Waals surface area (Å²) in [4.78, 5) is 6.03. The van der Waals surface area contributed by atoms with E-state index in [2.05, 4.69) is 56.1 Å². The van der Waals surface area contributed by atoms with Crippen LogP contribution in [0.2, 0.25) is 0 Å². The summed E-state index contributed by atoms with van der Waals surface area (Å²) in [6.07, 6.45) is 0. The van der Waals surface area contributed by atoms with Crippen LogP contribution >= 0.6 is 24.0 Å². The maximum Gasteiger partial charge on any atom is 0.107 e. The topological polar surface area (TPSA) is 32.5 Å². The van der Waals surface area contributed by atoms with Gasteiger partial charge in [-0.1, -0.05) is 25.2 Å².